The summed E-state index contributed by atoms with van der Waals surface area (Å²) >= 11 is 0. The van der Waals surface area contributed by atoms with Crippen molar-refractivity contribution in [2.45, 2.75) is 77.5 Å². The largest absolute Gasteiger partial charge is 0.444 e. The first-order chi connectivity index (χ1) is 16.3. The van der Waals surface area contributed by atoms with Crippen LogP contribution in [0.3, 0.4) is 0 Å². The van der Waals surface area contributed by atoms with Crippen molar-refractivity contribution in [3.63, 3.8) is 0 Å². The quantitative estimate of drug-likeness (QED) is 0.497. The number of hydrogen-bond acceptors (Lipinski definition) is 6. The highest BCUT2D eigenvalue weighted by atomic mass is 16.6. The zero-order valence-electron chi connectivity index (χ0n) is 20.4. The van der Waals surface area contributed by atoms with Gasteiger partial charge in [-0.05, 0) is 83.2 Å². The summed E-state index contributed by atoms with van der Waals surface area (Å²) in [6, 6.07) is 11.5. The first kappa shape index (κ1) is 23.8. The van der Waals surface area contributed by atoms with Crippen molar-refractivity contribution >= 4 is 6.09 Å². The molecule has 0 spiro atoms. The second kappa shape index (κ2) is 10.3. The highest BCUT2D eigenvalue weighted by Crippen LogP contribution is 2.42. The van der Waals surface area contributed by atoms with Crippen LogP contribution in [0.2, 0.25) is 0 Å². The first-order valence-corrected chi connectivity index (χ1v) is 12.0. The van der Waals surface area contributed by atoms with Crippen LogP contribution in [0.15, 0.2) is 55.0 Å². The summed E-state index contributed by atoms with van der Waals surface area (Å²) in [7, 11) is 0. The monoisotopic (exact) mass is 459 g/mol. The van der Waals surface area contributed by atoms with Gasteiger partial charge in [-0.1, -0.05) is 12.1 Å². The van der Waals surface area contributed by atoms with Gasteiger partial charge in [0.25, 0.3) is 0 Å². The van der Waals surface area contributed by atoms with Crippen LogP contribution in [0.4, 0.5) is 4.79 Å². The van der Waals surface area contributed by atoms with Crippen molar-refractivity contribution in [2.75, 3.05) is 0 Å². The molecule has 0 radical (unpaired) electrons. The van der Waals surface area contributed by atoms with E-state index in [9.17, 15) is 4.79 Å². The van der Waals surface area contributed by atoms with E-state index in [4.69, 9.17) is 9.72 Å². The topological polar surface area (TPSA) is 81.1 Å². The molecule has 1 amide bonds. The maximum absolute atomic E-state index is 13.5. The molecule has 1 aliphatic rings. The van der Waals surface area contributed by atoms with Crippen molar-refractivity contribution in [3.8, 4) is 0 Å². The summed E-state index contributed by atoms with van der Waals surface area (Å²) in [5, 5.41) is 0. The fraction of sp³-hybridized carbons (Fsp3) is 0.444. The first-order valence-electron chi connectivity index (χ1n) is 12.0. The molecular weight excluding hydrogens is 426 g/mol. The Labute approximate surface area is 201 Å². The molecule has 0 aromatic carbocycles. The van der Waals surface area contributed by atoms with Crippen molar-refractivity contribution in [1.29, 1.82) is 0 Å². The molecule has 0 N–H and O–H groups in total. The Hall–Kier alpha value is -3.35. The lowest BCUT2D eigenvalue weighted by atomic mass is 9.90. The molecule has 0 saturated carbocycles. The second-order valence-electron chi connectivity index (χ2n) is 9.77. The summed E-state index contributed by atoms with van der Waals surface area (Å²) in [5.74, 6) is 0.799. The molecule has 7 heteroatoms. The Morgan fingerprint density at radius 2 is 1.71 bits per heavy atom. The van der Waals surface area contributed by atoms with Crippen LogP contribution in [-0.2, 0) is 17.6 Å². The van der Waals surface area contributed by atoms with Gasteiger partial charge in [0.15, 0.2) is 0 Å². The highest BCUT2D eigenvalue weighted by Gasteiger charge is 2.40. The molecule has 0 aliphatic carbocycles. The van der Waals surface area contributed by atoms with E-state index in [0.29, 0.717) is 6.42 Å². The van der Waals surface area contributed by atoms with Gasteiger partial charge in [0.1, 0.15) is 11.4 Å². The van der Waals surface area contributed by atoms with Crippen LogP contribution < -0.4 is 0 Å². The molecule has 1 fully saturated rings. The van der Waals surface area contributed by atoms with Crippen molar-refractivity contribution in [3.05, 3.63) is 83.5 Å². The van der Waals surface area contributed by atoms with Gasteiger partial charge in [-0.15, -0.1) is 0 Å². The van der Waals surface area contributed by atoms with E-state index >= 15 is 0 Å². The van der Waals surface area contributed by atoms with Crippen molar-refractivity contribution < 1.29 is 9.53 Å². The van der Waals surface area contributed by atoms with Gasteiger partial charge in [-0.3, -0.25) is 14.9 Å². The van der Waals surface area contributed by atoms with Crippen molar-refractivity contribution in [1.82, 2.24) is 24.8 Å². The van der Waals surface area contributed by atoms with E-state index in [0.717, 1.165) is 54.2 Å². The second-order valence-corrected chi connectivity index (χ2v) is 9.77. The third-order valence-corrected chi connectivity index (χ3v) is 5.99. The Morgan fingerprint density at radius 1 is 0.971 bits per heavy atom. The Bertz CT molecular complexity index is 1110. The number of likely N-dealkylation sites (tertiary alicyclic amines) is 1. The van der Waals surface area contributed by atoms with Gasteiger partial charge in [-0.25, -0.2) is 14.8 Å². The summed E-state index contributed by atoms with van der Waals surface area (Å²) in [4.78, 5) is 33.6. The number of amides is 1. The fourth-order valence-corrected chi connectivity index (χ4v) is 4.50. The zero-order valence-corrected chi connectivity index (χ0v) is 20.4. The van der Waals surface area contributed by atoms with Crippen LogP contribution in [0, 0.1) is 6.92 Å². The van der Waals surface area contributed by atoms with Gasteiger partial charge in [0, 0.05) is 30.7 Å². The Morgan fingerprint density at radius 3 is 2.44 bits per heavy atom. The predicted octanol–water partition coefficient (Wildman–Crippen LogP) is 5.56. The number of aryl methyl sites for hydroxylation is 3. The number of hydrogen-bond donors (Lipinski definition) is 0. The Kier molecular flexibility index (Phi) is 7.20. The minimum absolute atomic E-state index is 0.155. The lowest BCUT2D eigenvalue weighted by molar-refractivity contribution is -0.00806. The van der Waals surface area contributed by atoms with Crippen LogP contribution in [0.5, 0.6) is 0 Å². The van der Waals surface area contributed by atoms with E-state index in [2.05, 4.69) is 15.0 Å². The predicted molar refractivity (Wildman–Crippen MR) is 130 cm³/mol. The summed E-state index contributed by atoms with van der Waals surface area (Å²) in [6.45, 7) is 7.74. The SMILES string of the molecule is Cc1cccnc1[C@@H]1CCCC(c2cccc(CCc3ncccn3)n2)N1C(=O)OC(C)(C)C. The maximum Gasteiger partial charge on any atom is 0.411 e. The maximum atomic E-state index is 13.5. The molecule has 34 heavy (non-hydrogen) atoms. The molecule has 4 heterocycles. The van der Waals surface area contributed by atoms with Gasteiger partial charge < -0.3 is 4.74 Å². The van der Waals surface area contributed by atoms with Gasteiger partial charge >= 0.3 is 6.09 Å². The normalized spacial score (nSPS) is 18.5. The molecule has 1 saturated heterocycles. The van der Waals surface area contributed by atoms with E-state index in [1.54, 1.807) is 18.6 Å². The number of piperidine rings is 1. The van der Waals surface area contributed by atoms with E-state index in [1.807, 2.05) is 69.0 Å². The standard InChI is InChI=1S/C27H33N5O2/c1-19-9-7-16-30-25(19)23-13-6-12-22(32(23)26(33)34-27(2,3)4)21-11-5-10-20(31-21)14-15-24-28-17-8-18-29-24/h5,7-11,16-18,22-23H,6,12-15H2,1-4H3/t22?,23-/m0/s1. The smallest absolute Gasteiger partial charge is 0.411 e. The lowest BCUT2D eigenvalue weighted by Crippen LogP contribution is -2.44. The van der Waals surface area contributed by atoms with Gasteiger partial charge in [0.2, 0.25) is 0 Å². The van der Waals surface area contributed by atoms with Gasteiger partial charge in [0.05, 0.1) is 23.5 Å². The Balaban J connectivity index is 1.64. The molecule has 1 unspecified atom stereocenters. The molecule has 178 valence electrons. The summed E-state index contributed by atoms with van der Waals surface area (Å²) < 4.78 is 5.87. The average Bonchev–Trinajstić information content (AvgIpc) is 2.82. The van der Waals surface area contributed by atoms with Crippen LogP contribution >= 0.6 is 0 Å². The van der Waals surface area contributed by atoms with E-state index in [-0.39, 0.29) is 18.2 Å². The van der Waals surface area contributed by atoms with Crippen LogP contribution in [0.1, 0.15) is 80.6 Å². The molecule has 3 aromatic heterocycles. The number of ether oxygens (including phenoxy) is 1. The lowest BCUT2D eigenvalue weighted by Gasteiger charge is -2.42. The molecule has 2 atom stereocenters. The minimum Gasteiger partial charge on any atom is -0.444 e. The number of pyridine rings is 2. The number of nitrogens with zero attached hydrogens (tertiary/aromatic N) is 5. The van der Waals surface area contributed by atoms with E-state index < -0.39 is 5.60 Å². The average molecular weight is 460 g/mol. The van der Waals surface area contributed by atoms with Gasteiger partial charge in [-0.2, -0.15) is 0 Å². The molecule has 4 rings (SSSR count). The van der Waals surface area contributed by atoms with E-state index in [1.165, 1.54) is 0 Å². The van der Waals surface area contributed by atoms with Crippen LogP contribution in [0.25, 0.3) is 0 Å². The third-order valence-electron chi connectivity index (χ3n) is 5.99. The molecule has 7 nitrogen and oxygen atoms in total. The minimum atomic E-state index is -0.590. The zero-order chi connectivity index (χ0) is 24.1. The molecule has 0 bridgehead atoms. The molecule has 1 aliphatic heterocycles. The fourth-order valence-electron chi connectivity index (χ4n) is 4.50. The highest BCUT2D eigenvalue weighted by molar-refractivity contribution is 5.70. The van der Waals surface area contributed by atoms with Crippen LogP contribution in [-0.4, -0.2) is 36.5 Å². The molecule has 3 aromatic rings. The van der Waals surface area contributed by atoms with Crippen molar-refractivity contribution in [2.24, 2.45) is 0 Å². The molecular formula is C27H33N5O2. The summed E-state index contributed by atoms with van der Waals surface area (Å²) in [5.41, 5.74) is 3.26. The number of rotatable bonds is 5. The number of aromatic nitrogens is 4. The summed E-state index contributed by atoms with van der Waals surface area (Å²) in [6.07, 6.45) is 9.10. The third kappa shape index (κ3) is 5.76. The number of carbonyl (C=O) groups excluding carboxylic acids is 1. The number of carbonyl (C=O) groups is 1.